The van der Waals surface area contributed by atoms with Crippen LogP contribution in [0.25, 0.3) is 0 Å². The highest BCUT2D eigenvalue weighted by atomic mass is 16.5. The van der Waals surface area contributed by atoms with Crippen molar-refractivity contribution in [3.63, 3.8) is 0 Å². The maximum atomic E-state index is 11.6. The molecule has 1 aliphatic heterocycles. The third-order valence-electron chi connectivity index (χ3n) is 5.12. The smallest absolute Gasteiger partial charge is 0.334 e. The first kappa shape index (κ1) is 12.0. The van der Waals surface area contributed by atoms with Gasteiger partial charge >= 0.3 is 5.97 Å². The summed E-state index contributed by atoms with van der Waals surface area (Å²) >= 11 is 0. The Morgan fingerprint density at radius 2 is 2.22 bits per heavy atom. The number of allylic oxidation sites excluding steroid dienone is 1. The zero-order valence-electron chi connectivity index (χ0n) is 11.0. The average Bonchev–Trinajstić information content (AvgIpc) is 2.65. The van der Waals surface area contributed by atoms with E-state index in [9.17, 15) is 9.90 Å². The summed E-state index contributed by atoms with van der Waals surface area (Å²) in [7, 11) is 0. The Morgan fingerprint density at radius 1 is 1.50 bits per heavy atom. The second-order valence-corrected chi connectivity index (χ2v) is 6.26. The third-order valence-corrected chi connectivity index (χ3v) is 5.12. The largest absolute Gasteiger partial charge is 0.454 e. The van der Waals surface area contributed by atoms with E-state index in [0.29, 0.717) is 11.5 Å². The van der Waals surface area contributed by atoms with E-state index < -0.39 is 5.60 Å². The molecule has 2 aliphatic carbocycles. The molecule has 3 nitrogen and oxygen atoms in total. The summed E-state index contributed by atoms with van der Waals surface area (Å²) < 4.78 is 5.36. The van der Waals surface area contributed by atoms with Crippen molar-refractivity contribution in [3.05, 3.63) is 23.8 Å². The van der Waals surface area contributed by atoms with Crippen molar-refractivity contribution >= 4 is 5.97 Å². The molecular weight excluding hydrogens is 228 g/mol. The fourth-order valence-corrected chi connectivity index (χ4v) is 3.94. The van der Waals surface area contributed by atoms with Crippen molar-refractivity contribution in [1.29, 1.82) is 0 Å². The molecule has 98 valence electrons. The van der Waals surface area contributed by atoms with Crippen LogP contribution < -0.4 is 0 Å². The lowest BCUT2D eigenvalue weighted by Gasteiger charge is -2.30. The van der Waals surface area contributed by atoms with Gasteiger partial charge in [0.15, 0.2) is 0 Å². The Kier molecular flexibility index (Phi) is 2.46. The van der Waals surface area contributed by atoms with E-state index in [2.05, 4.69) is 19.6 Å². The molecule has 0 unspecified atom stereocenters. The second-order valence-electron chi connectivity index (χ2n) is 6.26. The fourth-order valence-electron chi connectivity index (χ4n) is 3.94. The van der Waals surface area contributed by atoms with Crippen molar-refractivity contribution in [2.24, 2.45) is 17.8 Å². The molecular formula is C15H20O3. The van der Waals surface area contributed by atoms with Gasteiger partial charge in [-0.25, -0.2) is 4.79 Å². The zero-order valence-corrected chi connectivity index (χ0v) is 11.0. The zero-order chi connectivity index (χ0) is 13.1. The molecule has 3 aliphatic rings. The van der Waals surface area contributed by atoms with E-state index in [4.69, 9.17) is 4.74 Å². The van der Waals surface area contributed by atoms with Crippen LogP contribution in [0.15, 0.2) is 23.8 Å². The van der Waals surface area contributed by atoms with Crippen LogP contribution in [0.5, 0.6) is 0 Å². The molecule has 0 aromatic heterocycles. The first-order valence-electron chi connectivity index (χ1n) is 6.70. The number of hydrogen-bond acceptors (Lipinski definition) is 3. The van der Waals surface area contributed by atoms with Crippen LogP contribution in [-0.2, 0) is 9.53 Å². The van der Waals surface area contributed by atoms with Crippen molar-refractivity contribution in [3.8, 4) is 0 Å². The van der Waals surface area contributed by atoms with Gasteiger partial charge in [-0.3, -0.25) is 0 Å². The van der Waals surface area contributed by atoms with Gasteiger partial charge in [-0.2, -0.15) is 0 Å². The topological polar surface area (TPSA) is 46.5 Å². The maximum absolute atomic E-state index is 11.6. The van der Waals surface area contributed by atoms with Gasteiger partial charge in [0.2, 0.25) is 0 Å². The van der Waals surface area contributed by atoms with Crippen molar-refractivity contribution in [1.82, 2.24) is 0 Å². The summed E-state index contributed by atoms with van der Waals surface area (Å²) in [6.45, 7) is 7.88. The Balaban J connectivity index is 1.99. The number of fused-ring (bicyclic) bond motifs is 2. The van der Waals surface area contributed by atoms with Crippen LogP contribution in [0.3, 0.4) is 0 Å². The number of rotatable bonds is 0. The van der Waals surface area contributed by atoms with Crippen molar-refractivity contribution in [2.45, 2.75) is 44.8 Å². The molecule has 18 heavy (non-hydrogen) atoms. The molecule has 5 atom stereocenters. The van der Waals surface area contributed by atoms with Crippen LogP contribution in [-0.4, -0.2) is 22.8 Å². The second kappa shape index (κ2) is 3.70. The molecule has 0 amide bonds. The Hall–Kier alpha value is -1.09. The normalized spacial score (nSPS) is 47.2. The van der Waals surface area contributed by atoms with Crippen LogP contribution in [0.4, 0.5) is 0 Å². The summed E-state index contributed by atoms with van der Waals surface area (Å²) in [5.74, 6) is 0.421. The van der Waals surface area contributed by atoms with Gasteiger partial charge < -0.3 is 9.84 Å². The molecule has 2 fully saturated rings. The van der Waals surface area contributed by atoms with E-state index >= 15 is 0 Å². The summed E-state index contributed by atoms with van der Waals surface area (Å²) in [4.78, 5) is 11.6. The Bertz CT molecular complexity index is 447. The van der Waals surface area contributed by atoms with Crippen molar-refractivity contribution < 1.29 is 14.6 Å². The minimum absolute atomic E-state index is 0.0482. The summed E-state index contributed by atoms with van der Waals surface area (Å²) in [5, 5.41) is 10.5. The maximum Gasteiger partial charge on any atom is 0.334 e. The van der Waals surface area contributed by atoms with Gasteiger partial charge in [0.1, 0.15) is 6.10 Å². The van der Waals surface area contributed by atoms with E-state index in [1.165, 1.54) is 5.57 Å². The van der Waals surface area contributed by atoms with E-state index in [1.54, 1.807) is 0 Å². The lowest BCUT2D eigenvalue weighted by Crippen LogP contribution is -2.33. The molecule has 1 N–H and O–H groups in total. The van der Waals surface area contributed by atoms with Gasteiger partial charge in [-0.15, -0.1) is 0 Å². The quantitative estimate of drug-likeness (QED) is 0.406. The molecule has 1 saturated carbocycles. The predicted molar refractivity (Wildman–Crippen MR) is 67.7 cm³/mol. The lowest BCUT2D eigenvalue weighted by molar-refractivity contribution is -0.137. The predicted octanol–water partition coefficient (Wildman–Crippen LogP) is 2.21. The van der Waals surface area contributed by atoms with Crippen LogP contribution in [0.1, 0.15) is 33.1 Å². The van der Waals surface area contributed by atoms with Gasteiger partial charge in [0, 0.05) is 11.5 Å². The summed E-state index contributed by atoms with van der Waals surface area (Å²) in [6.07, 6.45) is 4.59. The van der Waals surface area contributed by atoms with E-state index in [0.717, 1.165) is 19.3 Å². The standard InChI is InChI=1S/C15H20O3/c1-8-6-13-11(9(2)14(16)18-13)7-12-10(8)4-5-15(12,3)17/h6,10-13,17H,2,4-5,7H2,1,3H3/t10-,11-,12-,13-,15-/m1/s1. The first-order chi connectivity index (χ1) is 8.40. The number of carbonyl (C=O) groups excluding carboxylic acids is 1. The third kappa shape index (κ3) is 1.57. The highest BCUT2D eigenvalue weighted by molar-refractivity contribution is 5.91. The molecule has 0 aromatic carbocycles. The van der Waals surface area contributed by atoms with Crippen LogP contribution in [0, 0.1) is 17.8 Å². The number of hydrogen-bond donors (Lipinski definition) is 1. The monoisotopic (exact) mass is 248 g/mol. The van der Waals surface area contributed by atoms with E-state index in [-0.39, 0.29) is 23.9 Å². The molecule has 0 aromatic rings. The van der Waals surface area contributed by atoms with E-state index in [1.807, 2.05) is 6.92 Å². The van der Waals surface area contributed by atoms with Gasteiger partial charge in [0.05, 0.1) is 5.60 Å². The highest BCUT2D eigenvalue weighted by Crippen LogP contribution is 2.51. The SMILES string of the molecule is C=C1C(=O)O[C@@H]2C=C(C)[C@H]3CC[C@@](C)(O)[C@@H]3C[C@H]12. The number of ether oxygens (including phenoxy) is 1. The molecule has 0 bridgehead atoms. The highest BCUT2D eigenvalue weighted by Gasteiger charge is 2.50. The molecule has 1 saturated heterocycles. The summed E-state index contributed by atoms with van der Waals surface area (Å²) in [5.41, 5.74) is 1.21. The Labute approximate surface area is 108 Å². The number of carbonyl (C=O) groups is 1. The van der Waals surface area contributed by atoms with Crippen LogP contribution in [0.2, 0.25) is 0 Å². The minimum Gasteiger partial charge on any atom is -0.454 e. The van der Waals surface area contributed by atoms with Crippen molar-refractivity contribution in [2.75, 3.05) is 0 Å². The first-order valence-corrected chi connectivity index (χ1v) is 6.70. The summed E-state index contributed by atoms with van der Waals surface area (Å²) in [6, 6.07) is 0. The van der Waals surface area contributed by atoms with Crippen LogP contribution >= 0.6 is 0 Å². The number of esters is 1. The number of aliphatic hydroxyl groups is 1. The fraction of sp³-hybridized carbons (Fsp3) is 0.667. The minimum atomic E-state index is -0.624. The molecule has 1 heterocycles. The Morgan fingerprint density at radius 3 is 2.94 bits per heavy atom. The van der Waals surface area contributed by atoms with Gasteiger partial charge in [-0.1, -0.05) is 12.2 Å². The molecule has 3 rings (SSSR count). The van der Waals surface area contributed by atoms with Gasteiger partial charge in [0.25, 0.3) is 0 Å². The lowest BCUT2D eigenvalue weighted by atomic mass is 9.78. The molecule has 0 radical (unpaired) electrons. The average molecular weight is 248 g/mol. The molecule has 0 spiro atoms. The molecule has 3 heteroatoms. The van der Waals surface area contributed by atoms with Gasteiger partial charge in [-0.05, 0) is 51.0 Å².